The third-order valence-corrected chi connectivity index (χ3v) is 4.63. The van der Waals surface area contributed by atoms with Crippen molar-refractivity contribution in [2.45, 2.75) is 116 Å². The van der Waals surface area contributed by atoms with Crippen molar-refractivity contribution < 1.29 is 20.7 Å². The molecule has 0 atom stereocenters. The predicted molar refractivity (Wildman–Crippen MR) is 109 cm³/mol. The fourth-order valence-corrected chi connectivity index (χ4v) is 3.03. The second kappa shape index (κ2) is 18.9. The fraction of sp³-hybridized carbons (Fsp3) is 0.864. The third kappa shape index (κ3) is 19.5. The van der Waals surface area contributed by atoms with Crippen molar-refractivity contribution in [3.8, 4) is 0 Å². The Morgan fingerprint density at radius 2 is 1.31 bits per heavy atom. The maximum absolute atomic E-state index is 11.3. The molecule has 0 unspecified atom stereocenters. The molecule has 4 nitrogen and oxygen atoms in total. The molecule has 4 N–H and O–H groups in total. The number of carbonyl (C=O) groups excluding carboxylic acids is 1. The van der Waals surface area contributed by atoms with Crippen LogP contribution in [0, 0.1) is 0 Å². The van der Waals surface area contributed by atoms with Gasteiger partial charge in [0.2, 0.25) is 0 Å². The van der Waals surface area contributed by atoms with E-state index in [9.17, 15) is 4.79 Å². The van der Waals surface area contributed by atoms with E-state index in [1.807, 2.05) is 13.8 Å². The lowest BCUT2D eigenvalue weighted by atomic mass is 9.99. The van der Waals surface area contributed by atoms with E-state index in [-0.39, 0.29) is 23.6 Å². The van der Waals surface area contributed by atoms with Gasteiger partial charge in [-0.15, -0.1) is 0 Å². The Balaban J connectivity index is 0. The van der Waals surface area contributed by atoms with Crippen LogP contribution in [0.3, 0.4) is 0 Å². The van der Waals surface area contributed by atoms with Crippen LogP contribution in [0.5, 0.6) is 0 Å². The average molecular weight is 372 g/mol. The van der Waals surface area contributed by atoms with E-state index in [0.717, 1.165) is 12.8 Å². The molecule has 0 aromatic carbocycles. The van der Waals surface area contributed by atoms with Gasteiger partial charge < -0.3 is 15.9 Å². The van der Waals surface area contributed by atoms with Crippen molar-refractivity contribution in [1.29, 1.82) is 0 Å². The Labute approximate surface area is 162 Å². The van der Waals surface area contributed by atoms with Crippen LogP contribution in [0.1, 0.15) is 111 Å². The molecular formula is C22H45NO3. The van der Waals surface area contributed by atoms with Gasteiger partial charge in [-0.2, -0.15) is 0 Å². The van der Waals surface area contributed by atoms with Gasteiger partial charge in [-0.3, -0.25) is 0 Å². The quantitative estimate of drug-likeness (QED) is 0.211. The standard InChI is InChI=1S/C22H43NO2.H2O/c1-4-5-6-7-8-9-10-11-12-13-14-15-16-17-18-19-22(2,3)25-21(24)20-23;/h11-12H,4-10,13-20,23H2,1-3H3;1H2/b12-11+;. The van der Waals surface area contributed by atoms with E-state index in [4.69, 9.17) is 4.74 Å². The summed E-state index contributed by atoms with van der Waals surface area (Å²) < 4.78 is 5.40. The van der Waals surface area contributed by atoms with Crippen molar-refractivity contribution >= 4 is 5.97 Å². The zero-order valence-electron chi connectivity index (χ0n) is 17.7. The molecule has 0 aliphatic heterocycles. The average Bonchev–Trinajstić information content (AvgIpc) is 2.57. The zero-order valence-corrected chi connectivity index (χ0v) is 17.7. The number of hydrogen-bond acceptors (Lipinski definition) is 3. The Morgan fingerprint density at radius 3 is 1.81 bits per heavy atom. The van der Waals surface area contributed by atoms with Gasteiger partial charge in [0.15, 0.2) is 6.54 Å². The van der Waals surface area contributed by atoms with E-state index in [1.165, 1.54) is 77.0 Å². The van der Waals surface area contributed by atoms with Gasteiger partial charge in [0.05, 0.1) is 0 Å². The minimum absolute atomic E-state index is 0. The fourth-order valence-electron chi connectivity index (χ4n) is 3.03. The number of quaternary nitrogens is 1. The first-order valence-electron chi connectivity index (χ1n) is 10.7. The maximum atomic E-state index is 11.3. The van der Waals surface area contributed by atoms with Crippen LogP contribution in [-0.4, -0.2) is 23.6 Å². The summed E-state index contributed by atoms with van der Waals surface area (Å²) in [5.74, 6) is -0.197. The van der Waals surface area contributed by atoms with Crippen molar-refractivity contribution in [3.05, 3.63) is 12.2 Å². The van der Waals surface area contributed by atoms with E-state index >= 15 is 0 Å². The van der Waals surface area contributed by atoms with Gasteiger partial charge in [-0.05, 0) is 52.4 Å². The minimum atomic E-state index is -0.339. The van der Waals surface area contributed by atoms with Crippen LogP contribution in [0.4, 0.5) is 0 Å². The molecule has 0 amide bonds. The number of esters is 1. The van der Waals surface area contributed by atoms with Crippen LogP contribution >= 0.6 is 0 Å². The smallest absolute Gasteiger partial charge is 0.362 e. The normalized spacial score (nSPS) is 11.5. The maximum Gasteiger partial charge on any atom is 0.362 e. The van der Waals surface area contributed by atoms with Crippen molar-refractivity contribution in [3.63, 3.8) is 0 Å². The predicted octanol–water partition coefficient (Wildman–Crippen LogP) is 5.41. The number of allylic oxidation sites excluding steroid dienone is 2. The molecule has 0 aromatic heterocycles. The molecule has 26 heavy (non-hydrogen) atoms. The highest BCUT2D eigenvalue weighted by atomic mass is 16.6. The SMILES string of the molecule is CCCCCCCC/C=C/CCCCCCCC(C)(C)OC(=O)C[NH3+].[OH-]. The summed E-state index contributed by atoms with van der Waals surface area (Å²) in [4.78, 5) is 11.3. The zero-order chi connectivity index (χ0) is 18.8. The number of hydrogen-bond donors (Lipinski definition) is 1. The Bertz CT molecular complexity index is 340. The molecule has 156 valence electrons. The molecule has 4 heteroatoms. The van der Waals surface area contributed by atoms with E-state index < -0.39 is 0 Å². The molecule has 0 radical (unpaired) electrons. The first-order chi connectivity index (χ1) is 12.0. The largest absolute Gasteiger partial charge is 0.870 e. The molecule has 0 aliphatic rings. The van der Waals surface area contributed by atoms with E-state index in [1.54, 1.807) is 0 Å². The molecule has 0 aliphatic carbocycles. The molecule has 0 fully saturated rings. The van der Waals surface area contributed by atoms with Crippen LogP contribution < -0.4 is 5.73 Å². The number of unbranched alkanes of at least 4 members (excludes halogenated alkanes) is 11. The van der Waals surface area contributed by atoms with Crippen LogP contribution in [0.15, 0.2) is 12.2 Å². The highest BCUT2D eigenvalue weighted by Crippen LogP contribution is 2.19. The molecule has 0 spiro atoms. The summed E-state index contributed by atoms with van der Waals surface area (Å²) in [7, 11) is 0. The van der Waals surface area contributed by atoms with Gasteiger partial charge in [-0.1, -0.05) is 70.4 Å². The van der Waals surface area contributed by atoms with Gasteiger partial charge in [0.1, 0.15) is 5.60 Å². The first-order valence-corrected chi connectivity index (χ1v) is 10.7. The lowest BCUT2D eigenvalue weighted by Gasteiger charge is -2.24. The molecule has 0 bridgehead atoms. The number of ether oxygens (including phenoxy) is 1. The van der Waals surface area contributed by atoms with Crippen molar-refractivity contribution in [2.75, 3.05) is 6.54 Å². The lowest BCUT2D eigenvalue weighted by Crippen LogP contribution is -2.55. The van der Waals surface area contributed by atoms with E-state index in [0.29, 0.717) is 0 Å². The van der Waals surface area contributed by atoms with Crippen LogP contribution in [0.25, 0.3) is 0 Å². The molecule has 0 aromatic rings. The molecule has 0 saturated carbocycles. The van der Waals surface area contributed by atoms with Gasteiger partial charge >= 0.3 is 5.97 Å². The second-order valence-corrected chi connectivity index (χ2v) is 7.82. The van der Waals surface area contributed by atoms with E-state index in [2.05, 4.69) is 24.8 Å². The molecule has 0 saturated heterocycles. The topological polar surface area (TPSA) is 83.9 Å². The van der Waals surface area contributed by atoms with Crippen LogP contribution in [0.2, 0.25) is 0 Å². The summed E-state index contributed by atoms with van der Waals surface area (Å²) in [5.41, 5.74) is 3.23. The summed E-state index contributed by atoms with van der Waals surface area (Å²) in [6, 6.07) is 0. The highest BCUT2D eigenvalue weighted by Gasteiger charge is 2.22. The number of rotatable bonds is 17. The minimum Gasteiger partial charge on any atom is -0.870 e. The Morgan fingerprint density at radius 1 is 0.846 bits per heavy atom. The summed E-state index contributed by atoms with van der Waals surface area (Å²) >= 11 is 0. The summed E-state index contributed by atoms with van der Waals surface area (Å²) in [6.45, 7) is 6.48. The van der Waals surface area contributed by atoms with Gasteiger partial charge in [0, 0.05) is 0 Å². The molecule has 0 heterocycles. The van der Waals surface area contributed by atoms with Crippen molar-refractivity contribution in [2.24, 2.45) is 0 Å². The molecular weight excluding hydrogens is 326 g/mol. The van der Waals surface area contributed by atoms with Gasteiger partial charge in [-0.25, -0.2) is 4.79 Å². The van der Waals surface area contributed by atoms with Crippen LogP contribution in [-0.2, 0) is 9.53 Å². The first kappa shape index (κ1) is 27.3. The van der Waals surface area contributed by atoms with Gasteiger partial charge in [0.25, 0.3) is 0 Å². The Hall–Kier alpha value is -0.870. The van der Waals surface area contributed by atoms with Crippen molar-refractivity contribution in [1.82, 2.24) is 0 Å². The molecule has 0 rings (SSSR count). The third-order valence-electron chi connectivity index (χ3n) is 4.63. The second-order valence-electron chi connectivity index (χ2n) is 7.82. The monoisotopic (exact) mass is 371 g/mol. The number of carbonyl (C=O) groups is 1. The Kier molecular flexibility index (Phi) is 19.9. The lowest BCUT2D eigenvalue weighted by molar-refractivity contribution is -0.361. The summed E-state index contributed by atoms with van der Waals surface area (Å²) in [6.07, 6.45) is 22.7. The highest BCUT2D eigenvalue weighted by molar-refractivity contribution is 5.70. The summed E-state index contributed by atoms with van der Waals surface area (Å²) in [5, 5.41) is 0.